The predicted molar refractivity (Wildman–Crippen MR) is 97.7 cm³/mol. The lowest BCUT2D eigenvalue weighted by Crippen LogP contribution is -2.30. The summed E-state index contributed by atoms with van der Waals surface area (Å²) in [6.45, 7) is 0. The van der Waals surface area contributed by atoms with Gasteiger partial charge in [-0.1, -0.05) is 35.9 Å². The van der Waals surface area contributed by atoms with Crippen molar-refractivity contribution in [1.82, 2.24) is 5.32 Å². The number of rotatable bonds is 4. The second-order valence-corrected chi connectivity index (χ2v) is 5.74. The summed E-state index contributed by atoms with van der Waals surface area (Å²) in [7, 11) is 0. The Kier molecular flexibility index (Phi) is 4.81. The monoisotopic (exact) mass is 369 g/mol. The van der Waals surface area contributed by atoms with Crippen LogP contribution in [0.3, 0.4) is 0 Å². The maximum Gasteiger partial charge on any atom is 0.333 e. The molecule has 2 aromatic carbocycles. The molecule has 1 aliphatic rings. The number of para-hydroxylation sites is 1. The number of carbonyl (C=O) groups excluding carboxylic acids is 2. The highest BCUT2D eigenvalue weighted by Crippen LogP contribution is 2.24. The molecule has 1 fully saturated rings. The SMILES string of the molecule is O=C1N/C(=C\C=C\c2ccccc2[N+](=O)[O-])C(=O)N1c1cccc(Cl)c1. The van der Waals surface area contributed by atoms with Crippen LogP contribution in [-0.4, -0.2) is 16.9 Å². The zero-order valence-corrected chi connectivity index (χ0v) is 14.0. The lowest BCUT2D eigenvalue weighted by molar-refractivity contribution is -0.385. The molecule has 0 unspecified atom stereocenters. The third-order valence-corrected chi connectivity index (χ3v) is 3.85. The molecule has 0 aliphatic carbocycles. The predicted octanol–water partition coefficient (Wildman–Crippen LogP) is 3.90. The molecule has 0 bridgehead atoms. The van der Waals surface area contributed by atoms with Crippen molar-refractivity contribution in [2.24, 2.45) is 0 Å². The summed E-state index contributed by atoms with van der Waals surface area (Å²) in [5, 5.41) is 13.9. The molecule has 2 aromatic rings. The maximum absolute atomic E-state index is 12.4. The highest BCUT2D eigenvalue weighted by atomic mass is 35.5. The number of imide groups is 1. The molecule has 1 aliphatic heterocycles. The molecule has 1 saturated heterocycles. The summed E-state index contributed by atoms with van der Waals surface area (Å²) in [6, 6.07) is 12.0. The molecular formula is C18H12ClN3O4. The van der Waals surface area contributed by atoms with Crippen LogP contribution >= 0.6 is 11.6 Å². The van der Waals surface area contributed by atoms with Crippen molar-refractivity contribution in [3.8, 4) is 0 Å². The number of hydrogen-bond acceptors (Lipinski definition) is 4. The number of halogens is 1. The summed E-state index contributed by atoms with van der Waals surface area (Å²) in [5.74, 6) is -0.538. The number of benzene rings is 2. The number of allylic oxidation sites excluding steroid dienone is 2. The second kappa shape index (κ2) is 7.20. The van der Waals surface area contributed by atoms with Gasteiger partial charge in [0.05, 0.1) is 16.2 Å². The van der Waals surface area contributed by atoms with Gasteiger partial charge in [0.25, 0.3) is 11.6 Å². The summed E-state index contributed by atoms with van der Waals surface area (Å²) in [5.41, 5.74) is 0.748. The van der Waals surface area contributed by atoms with Crippen LogP contribution in [0.25, 0.3) is 6.08 Å². The summed E-state index contributed by atoms with van der Waals surface area (Å²) >= 11 is 5.90. The first-order valence-corrected chi connectivity index (χ1v) is 7.88. The maximum atomic E-state index is 12.4. The van der Waals surface area contributed by atoms with Crippen LogP contribution in [0.2, 0.25) is 5.02 Å². The van der Waals surface area contributed by atoms with Gasteiger partial charge < -0.3 is 5.32 Å². The number of anilines is 1. The van der Waals surface area contributed by atoms with E-state index in [4.69, 9.17) is 11.6 Å². The zero-order valence-electron chi connectivity index (χ0n) is 13.3. The molecule has 130 valence electrons. The van der Waals surface area contributed by atoms with Crippen LogP contribution in [0.5, 0.6) is 0 Å². The van der Waals surface area contributed by atoms with E-state index in [1.54, 1.807) is 36.4 Å². The standard InChI is InChI=1S/C18H12ClN3O4/c19-13-7-4-8-14(11-13)21-17(23)15(20-18(21)24)9-3-6-12-5-1-2-10-16(12)22(25)26/h1-11H,(H,20,24)/b6-3+,15-9-. The van der Waals surface area contributed by atoms with E-state index in [1.165, 1.54) is 30.4 Å². The third kappa shape index (κ3) is 3.47. The summed E-state index contributed by atoms with van der Waals surface area (Å²) in [6.07, 6.45) is 4.35. The number of nitro benzene ring substituents is 1. The lowest BCUT2D eigenvalue weighted by Gasteiger charge is -2.11. The van der Waals surface area contributed by atoms with Crippen molar-refractivity contribution in [3.63, 3.8) is 0 Å². The van der Waals surface area contributed by atoms with E-state index in [-0.39, 0.29) is 11.4 Å². The van der Waals surface area contributed by atoms with Crippen LogP contribution < -0.4 is 10.2 Å². The molecule has 3 rings (SSSR count). The summed E-state index contributed by atoms with van der Waals surface area (Å²) < 4.78 is 0. The normalized spacial score (nSPS) is 15.7. The average Bonchev–Trinajstić information content (AvgIpc) is 2.89. The fourth-order valence-electron chi connectivity index (χ4n) is 2.44. The molecule has 0 spiro atoms. The van der Waals surface area contributed by atoms with E-state index < -0.39 is 16.9 Å². The molecule has 0 aromatic heterocycles. The van der Waals surface area contributed by atoms with Crippen LogP contribution in [0, 0.1) is 10.1 Å². The van der Waals surface area contributed by atoms with Crippen molar-refractivity contribution < 1.29 is 14.5 Å². The first-order valence-electron chi connectivity index (χ1n) is 7.50. The Labute approximate surface area is 153 Å². The minimum absolute atomic E-state index is 0.0514. The molecule has 0 atom stereocenters. The van der Waals surface area contributed by atoms with Gasteiger partial charge in [-0.2, -0.15) is 0 Å². The largest absolute Gasteiger partial charge is 0.333 e. The molecule has 1 heterocycles. The quantitative estimate of drug-likeness (QED) is 0.383. The van der Waals surface area contributed by atoms with E-state index >= 15 is 0 Å². The van der Waals surface area contributed by atoms with E-state index in [0.29, 0.717) is 16.3 Å². The van der Waals surface area contributed by atoms with Crippen molar-refractivity contribution in [3.05, 3.63) is 87.1 Å². The van der Waals surface area contributed by atoms with Gasteiger partial charge in [0.15, 0.2) is 0 Å². The smallest absolute Gasteiger partial charge is 0.302 e. The fraction of sp³-hybridized carbons (Fsp3) is 0. The highest BCUT2D eigenvalue weighted by molar-refractivity contribution is 6.32. The molecule has 0 saturated carbocycles. The number of nitrogens with one attached hydrogen (secondary N) is 1. The number of amides is 3. The molecule has 7 nitrogen and oxygen atoms in total. The van der Waals surface area contributed by atoms with Crippen LogP contribution in [-0.2, 0) is 4.79 Å². The molecule has 26 heavy (non-hydrogen) atoms. The molecule has 1 N–H and O–H groups in total. The Hall–Kier alpha value is -3.45. The first kappa shape index (κ1) is 17.4. The Morgan fingerprint density at radius 3 is 2.62 bits per heavy atom. The Morgan fingerprint density at radius 2 is 1.88 bits per heavy atom. The van der Waals surface area contributed by atoms with Gasteiger partial charge in [-0.3, -0.25) is 14.9 Å². The highest BCUT2D eigenvalue weighted by Gasteiger charge is 2.34. The first-order chi connectivity index (χ1) is 12.5. The summed E-state index contributed by atoms with van der Waals surface area (Å²) in [4.78, 5) is 36.0. The Balaban J connectivity index is 1.84. The van der Waals surface area contributed by atoms with Crippen LogP contribution in [0.15, 0.2) is 66.4 Å². The van der Waals surface area contributed by atoms with Gasteiger partial charge >= 0.3 is 6.03 Å². The van der Waals surface area contributed by atoms with Gasteiger partial charge in [-0.15, -0.1) is 0 Å². The Morgan fingerprint density at radius 1 is 1.12 bits per heavy atom. The number of urea groups is 1. The van der Waals surface area contributed by atoms with Crippen molar-refractivity contribution in [2.75, 3.05) is 4.90 Å². The third-order valence-electron chi connectivity index (χ3n) is 3.62. The topological polar surface area (TPSA) is 92.5 Å². The second-order valence-electron chi connectivity index (χ2n) is 5.31. The van der Waals surface area contributed by atoms with Crippen LogP contribution in [0.4, 0.5) is 16.2 Å². The van der Waals surface area contributed by atoms with Gasteiger partial charge in [0, 0.05) is 11.1 Å². The number of hydrogen-bond donors (Lipinski definition) is 1. The van der Waals surface area contributed by atoms with Gasteiger partial charge in [0.1, 0.15) is 5.70 Å². The Bertz CT molecular complexity index is 968. The van der Waals surface area contributed by atoms with E-state index in [0.717, 1.165) is 4.90 Å². The molecular weight excluding hydrogens is 358 g/mol. The molecule has 0 radical (unpaired) electrons. The number of nitrogens with zero attached hydrogens (tertiary/aromatic N) is 2. The van der Waals surface area contributed by atoms with Gasteiger partial charge in [-0.25, -0.2) is 9.69 Å². The fourth-order valence-corrected chi connectivity index (χ4v) is 2.63. The minimum Gasteiger partial charge on any atom is -0.302 e. The van der Waals surface area contributed by atoms with Crippen LogP contribution in [0.1, 0.15) is 5.56 Å². The lowest BCUT2D eigenvalue weighted by atomic mass is 10.1. The molecule has 3 amide bonds. The van der Waals surface area contributed by atoms with Gasteiger partial charge in [-0.05, 0) is 36.4 Å². The van der Waals surface area contributed by atoms with Crippen molar-refractivity contribution in [1.29, 1.82) is 0 Å². The van der Waals surface area contributed by atoms with E-state index in [1.807, 2.05) is 0 Å². The number of nitro groups is 1. The minimum atomic E-state index is -0.595. The number of carbonyl (C=O) groups is 2. The van der Waals surface area contributed by atoms with E-state index in [9.17, 15) is 19.7 Å². The van der Waals surface area contributed by atoms with Crippen molar-refractivity contribution in [2.45, 2.75) is 0 Å². The van der Waals surface area contributed by atoms with E-state index in [2.05, 4.69) is 5.32 Å². The van der Waals surface area contributed by atoms with Gasteiger partial charge in [0.2, 0.25) is 0 Å². The average molecular weight is 370 g/mol. The molecule has 8 heteroatoms. The zero-order chi connectivity index (χ0) is 18.7. The van der Waals surface area contributed by atoms with Crippen molar-refractivity contribution >= 4 is 41.0 Å².